The summed E-state index contributed by atoms with van der Waals surface area (Å²) in [6, 6.07) is 1.38. The molecule has 11 heteroatoms. The number of halogens is 2. The molecule has 3 aromatic rings. The van der Waals surface area contributed by atoms with Gasteiger partial charge in [-0.2, -0.15) is 10.1 Å². The van der Waals surface area contributed by atoms with Crippen molar-refractivity contribution in [3.05, 3.63) is 34.4 Å². The van der Waals surface area contributed by atoms with E-state index in [1.54, 1.807) is 11.8 Å². The molecule has 0 N–H and O–H groups in total. The molecule has 0 unspecified atom stereocenters. The number of methoxy groups -OCH3 is 1. The van der Waals surface area contributed by atoms with Crippen LogP contribution in [0.25, 0.3) is 5.78 Å². The molecule has 4 heterocycles. The van der Waals surface area contributed by atoms with Gasteiger partial charge in [0.25, 0.3) is 23.3 Å². The summed E-state index contributed by atoms with van der Waals surface area (Å²) in [7, 11) is 1.51. The minimum absolute atomic E-state index is 0.127. The minimum Gasteiger partial charge on any atom is -0.473 e. The lowest BCUT2D eigenvalue weighted by Crippen LogP contribution is -2.42. The lowest BCUT2D eigenvalue weighted by molar-refractivity contribution is 0.0669. The van der Waals surface area contributed by atoms with Crippen molar-refractivity contribution in [2.45, 2.75) is 32.6 Å². The highest BCUT2D eigenvalue weighted by molar-refractivity contribution is 7.15. The quantitative estimate of drug-likeness (QED) is 0.642. The zero-order valence-corrected chi connectivity index (χ0v) is 17.0. The Morgan fingerprint density at radius 1 is 1.38 bits per heavy atom. The normalized spacial score (nSPS) is 19.9. The molecule has 0 saturated carbocycles. The van der Waals surface area contributed by atoms with Crippen molar-refractivity contribution in [1.82, 2.24) is 29.5 Å². The first-order chi connectivity index (χ1) is 13.9. The van der Waals surface area contributed by atoms with Gasteiger partial charge >= 0.3 is 0 Å². The summed E-state index contributed by atoms with van der Waals surface area (Å²) >= 11 is 1.21. The number of rotatable bonds is 4. The molecular formula is C18H20F2N6O2S. The molecule has 1 fully saturated rings. The van der Waals surface area contributed by atoms with Crippen LogP contribution in [-0.4, -0.2) is 55.6 Å². The van der Waals surface area contributed by atoms with Crippen LogP contribution in [0, 0.1) is 12.8 Å². The minimum atomic E-state index is -2.71. The third kappa shape index (κ3) is 3.54. The summed E-state index contributed by atoms with van der Waals surface area (Å²) in [5, 5.41) is 4.59. The van der Waals surface area contributed by atoms with Crippen molar-refractivity contribution < 1.29 is 18.3 Å². The van der Waals surface area contributed by atoms with Crippen LogP contribution < -0.4 is 4.74 Å². The van der Waals surface area contributed by atoms with Gasteiger partial charge in [-0.05, 0) is 25.3 Å². The number of amides is 1. The van der Waals surface area contributed by atoms with Crippen molar-refractivity contribution in [1.29, 1.82) is 0 Å². The Balaban J connectivity index is 1.68. The van der Waals surface area contributed by atoms with Gasteiger partial charge in [0, 0.05) is 19.0 Å². The largest absolute Gasteiger partial charge is 0.473 e. The SMILES string of the molecule is COc1nc(C)c(C(=O)N2CC[C@@H](C)[C@H](c3cc(C(F)F)nc4ncnn34)C2)s1. The average molecular weight is 422 g/mol. The van der Waals surface area contributed by atoms with Gasteiger partial charge in [0.15, 0.2) is 0 Å². The van der Waals surface area contributed by atoms with Gasteiger partial charge in [-0.15, -0.1) is 0 Å². The second-order valence-electron chi connectivity index (χ2n) is 7.10. The first-order valence-corrected chi connectivity index (χ1v) is 10.00. The van der Waals surface area contributed by atoms with E-state index in [4.69, 9.17) is 4.74 Å². The van der Waals surface area contributed by atoms with Gasteiger partial charge in [-0.3, -0.25) is 4.79 Å². The van der Waals surface area contributed by atoms with Gasteiger partial charge < -0.3 is 9.64 Å². The fourth-order valence-corrected chi connectivity index (χ4v) is 4.52. The predicted molar refractivity (Wildman–Crippen MR) is 102 cm³/mol. The van der Waals surface area contributed by atoms with Gasteiger partial charge in [0.2, 0.25) is 0 Å². The third-order valence-corrected chi connectivity index (χ3v) is 6.40. The number of carbonyl (C=O) groups is 1. The van der Waals surface area contributed by atoms with Gasteiger partial charge in [-0.1, -0.05) is 18.3 Å². The number of nitrogens with zero attached hydrogens (tertiary/aromatic N) is 6. The van der Waals surface area contributed by atoms with Crippen LogP contribution in [0.4, 0.5) is 8.78 Å². The average Bonchev–Trinajstić information content (AvgIpc) is 3.33. The molecule has 1 amide bonds. The highest BCUT2D eigenvalue weighted by Crippen LogP contribution is 2.35. The summed E-state index contributed by atoms with van der Waals surface area (Å²) in [5.74, 6) is 0.0126. The highest BCUT2D eigenvalue weighted by atomic mass is 32.1. The van der Waals surface area contributed by atoms with E-state index in [1.807, 2.05) is 0 Å². The van der Waals surface area contributed by atoms with Crippen molar-refractivity contribution in [3.8, 4) is 5.19 Å². The fraction of sp³-hybridized carbons (Fsp3) is 0.500. The van der Waals surface area contributed by atoms with E-state index in [-0.39, 0.29) is 29.2 Å². The molecule has 1 aliphatic rings. The van der Waals surface area contributed by atoms with Gasteiger partial charge in [-0.25, -0.2) is 23.3 Å². The highest BCUT2D eigenvalue weighted by Gasteiger charge is 2.34. The van der Waals surface area contributed by atoms with Crippen molar-refractivity contribution in [3.63, 3.8) is 0 Å². The zero-order valence-electron chi connectivity index (χ0n) is 16.2. The van der Waals surface area contributed by atoms with Crippen molar-refractivity contribution >= 4 is 23.0 Å². The number of piperidine rings is 1. The molecule has 0 aromatic carbocycles. The van der Waals surface area contributed by atoms with E-state index in [0.717, 1.165) is 6.42 Å². The van der Waals surface area contributed by atoms with E-state index in [9.17, 15) is 13.6 Å². The first kappa shape index (κ1) is 19.6. The number of alkyl halides is 2. The Labute approximate surface area is 169 Å². The second-order valence-corrected chi connectivity index (χ2v) is 8.06. The lowest BCUT2D eigenvalue weighted by Gasteiger charge is -2.37. The maximum absolute atomic E-state index is 13.4. The second kappa shape index (κ2) is 7.62. The van der Waals surface area contributed by atoms with E-state index in [1.165, 1.54) is 35.4 Å². The van der Waals surface area contributed by atoms with Gasteiger partial charge in [0.05, 0.1) is 18.5 Å². The number of aromatic nitrogens is 5. The van der Waals surface area contributed by atoms with Crippen LogP contribution in [0.5, 0.6) is 5.19 Å². The Bertz CT molecular complexity index is 1050. The molecule has 1 aliphatic heterocycles. The summed E-state index contributed by atoms with van der Waals surface area (Å²) in [6.45, 7) is 4.80. The summed E-state index contributed by atoms with van der Waals surface area (Å²) in [4.78, 5) is 27.5. The van der Waals surface area contributed by atoms with Crippen LogP contribution in [0.3, 0.4) is 0 Å². The van der Waals surface area contributed by atoms with E-state index in [2.05, 4.69) is 27.0 Å². The molecule has 0 bridgehead atoms. The Morgan fingerprint density at radius 3 is 2.86 bits per heavy atom. The third-order valence-electron chi connectivity index (χ3n) is 5.29. The molecule has 4 rings (SSSR count). The molecule has 0 aliphatic carbocycles. The zero-order chi connectivity index (χ0) is 20.7. The number of ether oxygens (including phenoxy) is 1. The van der Waals surface area contributed by atoms with Crippen LogP contribution >= 0.6 is 11.3 Å². The van der Waals surface area contributed by atoms with Crippen molar-refractivity contribution in [2.75, 3.05) is 20.2 Å². The van der Waals surface area contributed by atoms with Gasteiger partial charge in [0.1, 0.15) is 16.9 Å². The lowest BCUT2D eigenvalue weighted by atomic mass is 9.84. The monoisotopic (exact) mass is 422 g/mol. The van der Waals surface area contributed by atoms with E-state index in [0.29, 0.717) is 34.5 Å². The number of aryl methyl sites for hydroxylation is 1. The maximum Gasteiger partial charge on any atom is 0.280 e. The number of thiazole rings is 1. The van der Waals surface area contributed by atoms with Crippen molar-refractivity contribution in [2.24, 2.45) is 5.92 Å². The molecule has 3 aromatic heterocycles. The molecule has 29 heavy (non-hydrogen) atoms. The maximum atomic E-state index is 13.4. The van der Waals surface area contributed by atoms with Crippen LogP contribution in [-0.2, 0) is 0 Å². The van der Waals surface area contributed by atoms with Crippen LogP contribution in [0.2, 0.25) is 0 Å². The molecule has 1 saturated heterocycles. The standard InChI is InChI=1S/C18H20F2N6O2S/c1-9-4-5-25(16(27)14-10(2)23-18(28-3)29-14)7-11(9)13-6-12(15(19)20)24-17-21-8-22-26(13)17/h6,8-9,11,15H,4-5,7H2,1-3H3/t9-,11-/m1/s1. The summed E-state index contributed by atoms with van der Waals surface area (Å²) in [6.07, 6.45) is -0.669. The first-order valence-electron chi connectivity index (χ1n) is 9.18. The predicted octanol–water partition coefficient (Wildman–Crippen LogP) is 3.10. The fourth-order valence-electron chi connectivity index (χ4n) is 3.67. The number of fused-ring (bicyclic) bond motifs is 1. The van der Waals surface area contributed by atoms with E-state index >= 15 is 0 Å². The Morgan fingerprint density at radius 2 is 2.17 bits per heavy atom. The Hall–Kier alpha value is -2.69. The number of hydrogen-bond acceptors (Lipinski definition) is 7. The number of carbonyl (C=O) groups excluding carboxylic acids is 1. The smallest absolute Gasteiger partial charge is 0.280 e. The van der Waals surface area contributed by atoms with E-state index < -0.39 is 6.43 Å². The topological polar surface area (TPSA) is 85.5 Å². The number of likely N-dealkylation sites (tertiary alicyclic amines) is 1. The number of hydrogen-bond donors (Lipinski definition) is 0. The molecule has 8 nitrogen and oxygen atoms in total. The van der Waals surface area contributed by atoms with Crippen LogP contribution in [0.15, 0.2) is 12.4 Å². The molecule has 0 spiro atoms. The summed E-state index contributed by atoms with van der Waals surface area (Å²) in [5.41, 5.74) is 0.875. The van der Waals surface area contributed by atoms with Crippen LogP contribution in [0.1, 0.15) is 52.4 Å². The molecule has 2 atom stereocenters. The summed E-state index contributed by atoms with van der Waals surface area (Å²) < 4.78 is 33.3. The Kier molecular flexibility index (Phi) is 5.15. The molecular weight excluding hydrogens is 402 g/mol. The molecule has 0 radical (unpaired) electrons. The molecule has 154 valence electrons.